The number of methoxy groups -OCH3 is 1. The van der Waals surface area contributed by atoms with E-state index in [-0.39, 0.29) is 18.1 Å². The normalized spacial score (nSPS) is 13.1. The third-order valence-electron chi connectivity index (χ3n) is 4.97. The van der Waals surface area contributed by atoms with Crippen molar-refractivity contribution in [1.82, 2.24) is 0 Å². The number of phenols is 2. The Kier molecular flexibility index (Phi) is 7.72. The van der Waals surface area contributed by atoms with Crippen LogP contribution in [0, 0.1) is 0 Å². The lowest BCUT2D eigenvalue weighted by Gasteiger charge is -2.24. The van der Waals surface area contributed by atoms with E-state index in [9.17, 15) is 20.4 Å². The van der Waals surface area contributed by atoms with Gasteiger partial charge in [0.15, 0.2) is 17.6 Å². The van der Waals surface area contributed by atoms with Crippen LogP contribution in [0.3, 0.4) is 0 Å². The van der Waals surface area contributed by atoms with Crippen LogP contribution in [-0.2, 0) is 0 Å². The molecule has 0 saturated carbocycles. The summed E-state index contributed by atoms with van der Waals surface area (Å²) < 4.78 is 11.0. The van der Waals surface area contributed by atoms with E-state index in [2.05, 4.69) is 0 Å². The van der Waals surface area contributed by atoms with E-state index < -0.39 is 18.8 Å². The molecule has 3 aromatic rings. The van der Waals surface area contributed by atoms with Crippen LogP contribution in [0.4, 0.5) is 0 Å². The number of para-hydroxylation sites is 2. The molecule has 0 aliphatic rings. The molecule has 32 heavy (non-hydrogen) atoms. The average molecular weight is 438 g/mol. The van der Waals surface area contributed by atoms with Gasteiger partial charge in [-0.25, -0.2) is 0 Å². The van der Waals surface area contributed by atoms with Crippen molar-refractivity contribution >= 4 is 6.08 Å². The highest BCUT2D eigenvalue weighted by molar-refractivity contribution is 5.78. The summed E-state index contributed by atoms with van der Waals surface area (Å²) in [4.78, 5) is 0. The van der Waals surface area contributed by atoms with Crippen molar-refractivity contribution in [3.63, 3.8) is 0 Å². The van der Waals surface area contributed by atoms with Crippen molar-refractivity contribution < 1.29 is 35.0 Å². The lowest BCUT2D eigenvalue weighted by atomic mass is 9.95. The molecule has 0 aromatic heterocycles. The van der Waals surface area contributed by atoms with Gasteiger partial charge in [-0.15, -0.1) is 0 Å². The van der Waals surface area contributed by atoms with Crippen molar-refractivity contribution in [2.45, 2.75) is 12.2 Å². The van der Waals surface area contributed by atoms with E-state index in [4.69, 9.17) is 14.6 Å². The number of phenolic OH excluding ortho intramolecular Hbond substituents is 2. The summed E-state index contributed by atoms with van der Waals surface area (Å²) in [6.07, 6.45) is 0.999. The van der Waals surface area contributed by atoms with Gasteiger partial charge in [0.2, 0.25) is 0 Å². The summed E-state index contributed by atoms with van der Waals surface area (Å²) in [5.41, 5.74) is 1.74. The van der Waals surface area contributed by atoms with E-state index in [1.807, 2.05) is 0 Å². The maximum absolute atomic E-state index is 10.9. The van der Waals surface area contributed by atoms with Crippen LogP contribution < -0.4 is 9.47 Å². The third-order valence-corrected chi connectivity index (χ3v) is 4.97. The summed E-state index contributed by atoms with van der Waals surface area (Å²) in [7, 11) is 1.50. The molecule has 168 valence electrons. The van der Waals surface area contributed by atoms with Crippen LogP contribution in [0.2, 0.25) is 0 Å². The Bertz CT molecular complexity index is 1080. The Hall–Kier alpha value is -3.52. The molecule has 0 radical (unpaired) electrons. The van der Waals surface area contributed by atoms with Crippen molar-refractivity contribution in [3.8, 4) is 34.1 Å². The minimum Gasteiger partial charge on any atom is -0.507 e. The Morgan fingerprint density at radius 1 is 0.875 bits per heavy atom. The van der Waals surface area contributed by atoms with Crippen LogP contribution in [-0.4, -0.2) is 52.0 Å². The summed E-state index contributed by atoms with van der Waals surface area (Å²) >= 11 is 0. The van der Waals surface area contributed by atoms with Gasteiger partial charge in [0.25, 0.3) is 0 Å². The third kappa shape index (κ3) is 5.20. The second kappa shape index (κ2) is 10.7. The number of aliphatic hydroxyl groups excluding tert-OH is 3. The maximum atomic E-state index is 10.9. The summed E-state index contributed by atoms with van der Waals surface area (Å²) in [6, 6.07) is 16.2. The molecule has 2 atom stereocenters. The Balaban J connectivity index is 1.94. The molecule has 0 bridgehead atoms. The molecular formula is C25H26O7. The molecule has 3 aromatic carbocycles. The molecule has 0 fully saturated rings. The van der Waals surface area contributed by atoms with Gasteiger partial charge in [-0.05, 0) is 47.5 Å². The molecule has 2 unspecified atom stereocenters. The molecule has 0 aliphatic heterocycles. The van der Waals surface area contributed by atoms with Gasteiger partial charge in [0.05, 0.1) is 20.3 Å². The van der Waals surface area contributed by atoms with Gasteiger partial charge in [0, 0.05) is 11.1 Å². The summed E-state index contributed by atoms with van der Waals surface area (Å²) in [5, 5.41) is 50.5. The quantitative estimate of drug-likeness (QED) is 0.348. The highest BCUT2D eigenvalue weighted by atomic mass is 16.5. The van der Waals surface area contributed by atoms with E-state index in [0.29, 0.717) is 33.8 Å². The average Bonchev–Trinajstić information content (AvgIpc) is 2.82. The summed E-state index contributed by atoms with van der Waals surface area (Å²) in [6.45, 7) is -0.597. The number of hydrogen-bond donors (Lipinski definition) is 5. The first-order valence-electron chi connectivity index (χ1n) is 10.0. The number of rotatable bonds is 9. The van der Waals surface area contributed by atoms with Crippen molar-refractivity contribution in [3.05, 3.63) is 77.9 Å². The first-order chi connectivity index (χ1) is 15.5. The maximum Gasteiger partial charge on any atom is 0.161 e. The highest BCUT2D eigenvalue weighted by Crippen LogP contribution is 2.38. The van der Waals surface area contributed by atoms with Gasteiger partial charge >= 0.3 is 0 Å². The minimum absolute atomic E-state index is 0.0583. The number of benzene rings is 3. The van der Waals surface area contributed by atoms with Crippen molar-refractivity contribution in [2.24, 2.45) is 0 Å². The molecule has 7 nitrogen and oxygen atoms in total. The molecule has 0 aliphatic carbocycles. The van der Waals surface area contributed by atoms with Crippen LogP contribution in [0.5, 0.6) is 23.0 Å². The smallest absolute Gasteiger partial charge is 0.161 e. The molecule has 5 N–H and O–H groups in total. The minimum atomic E-state index is -1.23. The molecule has 0 heterocycles. The van der Waals surface area contributed by atoms with Crippen LogP contribution in [0.25, 0.3) is 17.2 Å². The number of aromatic hydroxyl groups is 2. The highest BCUT2D eigenvalue weighted by Gasteiger charge is 2.25. The molecule has 7 heteroatoms. The predicted molar refractivity (Wildman–Crippen MR) is 121 cm³/mol. The fourth-order valence-corrected chi connectivity index (χ4v) is 3.31. The zero-order valence-corrected chi connectivity index (χ0v) is 17.5. The number of ether oxygens (including phenoxy) is 2. The second-order valence-electron chi connectivity index (χ2n) is 7.07. The Morgan fingerprint density at radius 3 is 2.19 bits per heavy atom. The Morgan fingerprint density at radius 2 is 1.53 bits per heavy atom. The van der Waals surface area contributed by atoms with Gasteiger partial charge in [0.1, 0.15) is 17.6 Å². The lowest BCUT2D eigenvalue weighted by molar-refractivity contribution is -0.000400. The molecule has 3 rings (SSSR count). The predicted octanol–water partition coefficient (Wildman–Crippen LogP) is 3.25. The first kappa shape index (κ1) is 23.1. The summed E-state index contributed by atoms with van der Waals surface area (Å²) in [5.74, 6) is 0.679. The topological polar surface area (TPSA) is 120 Å². The van der Waals surface area contributed by atoms with Gasteiger partial charge < -0.3 is 35.0 Å². The van der Waals surface area contributed by atoms with E-state index in [0.717, 1.165) is 0 Å². The largest absolute Gasteiger partial charge is 0.507 e. The number of aliphatic hydroxyl groups is 3. The van der Waals surface area contributed by atoms with Crippen LogP contribution in [0.1, 0.15) is 17.2 Å². The fourth-order valence-electron chi connectivity index (χ4n) is 3.31. The van der Waals surface area contributed by atoms with Crippen molar-refractivity contribution in [2.75, 3.05) is 20.3 Å². The van der Waals surface area contributed by atoms with Gasteiger partial charge in [-0.3, -0.25) is 0 Å². The Labute approximate surface area is 186 Å². The van der Waals surface area contributed by atoms with Gasteiger partial charge in [-0.1, -0.05) is 36.4 Å². The SMILES string of the molecule is COc1ccccc1OC(CO)C(O)c1ccc(O)c(-c2cc(/C=C/CO)ccc2O)c1. The van der Waals surface area contributed by atoms with Gasteiger partial charge in [-0.2, -0.15) is 0 Å². The second-order valence-corrected chi connectivity index (χ2v) is 7.07. The lowest BCUT2D eigenvalue weighted by Crippen LogP contribution is -2.29. The monoisotopic (exact) mass is 438 g/mol. The molecule has 0 amide bonds. The van der Waals surface area contributed by atoms with Crippen molar-refractivity contribution in [1.29, 1.82) is 0 Å². The van der Waals surface area contributed by atoms with E-state index in [1.54, 1.807) is 48.6 Å². The zero-order valence-electron chi connectivity index (χ0n) is 17.5. The van der Waals surface area contributed by atoms with Crippen LogP contribution >= 0.6 is 0 Å². The zero-order chi connectivity index (χ0) is 23.1. The van der Waals surface area contributed by atoms with E-state index >= 15 is 0 Å². The molecule has 0 saturated heterocycles. The molecule has 0 spiro atoms. The first-order valence-corrected chi connectivity index (χ1v) is 10.0. The fraction of sp³-hybridized carbons (Fsp3) is 0.200. The molecular weight excluding hydrogens is 412 g/mol. The van der Waals surface area contributed by atoms with Crippen LogP contribution in [0.15, 0.2) is 66.7 Å². The standard InChI is InChI=1S/C25H26O7/c1-31-22-6-2-3-7-23(22)32-24(15-27)25(30)17-9-11-21(29)19(14-17)18-13-16(5-4-12-26)8-10-20(18)28/h2-11,13-14,24-30H,12,15H2,1H3/b5-4+. The van der Waals surface area contributed by atoms with E-state index in [1.165, 1.54) is 31.4 Å². The number of hydrogen-bond acceptors (Lipinski definition) is 7.